The van der Waals surface area contributed by atoms with Gasteiger partial charge in [-0.3, -0.25) is 9.78 Å². The van der Waals surface area contributed by atoms with Gasteiger partial charge >= 0.3 is 5.97 Å². The van der Waals surface area contributed by atoms with Crippen molar-refractivity contribution in [3.05, 3.63) is 66.4 Å². The number of esters is 1. The lowest BCUT2D eigenvalue weighted by Gasteiger charge is -2.23. The maximum atomic E-state index is 13.7. The molecule has 0 N–H and O–H groups in total. The second-order valence-electron chi connectivity index (χ2n) is 6.77. The number of nitrogens with zero attached hydrogens (tertiary/aromatic N) is 2. The maximum absolute atomic E-state index is 13.7. The van der Waals surface area contributed by atoms with E-state index in [1.54, 1.807) is 31.3 Å². The van der Waals surface area contributed by atoms with Crippen molar-refractivity contribution in [2.45, 2.75) is 31.7 Å². The Balaban J connectivity index is 2.03. The molecule has 0 aliphatic carbocycles. The zero-order valence-electron chi connectivity index (χ0n) is 17.7. The number of carbonyl (C=O) groups is 1. The molecule has 0 spiro atoms. The van der Waals surface area contributed by atoms with Gasteiger partial charge in [-0.15, -0.1) is 0 Å². The van der Waals surface area contributed by atoms with E-state index in [2.05, 4.69) is 4.98 Å². The molecule has 0 aliphatic rings. The molecule has 3 rings (SSSR count). The number of pyridine rings is 1. The highest BCUT2D eigenvalue weighted by Gasteiger charge is 2.28. The molecule has 31 heavy (non-hydrogen) atoms. The van der Waals surface area contributed by atoms with Gasteiger partial charge in [0.2, 0.25) is 10.0 Å². The van der Waals surface area contributed by atoms with E-state index in [0.29, 0.717) is 23.3 Å². The monoisotopic (exact) mass is 442 g/mol. The Morgan fingerprint density at radius 2 is 1.77 bits per heavy atom. The highest BCUT2D eigenvalue weighted by atomic mass is 32.2. The summed E-state index contributed by atoms with van der Waals surface area (Å²) in [7, 11) is -3.94. The Morgan fingerprint density at radius 3 is 2.48 bits per heavy atom. The lowest BCUT2D eigenvalue weighted by Crippen LogP contribution is -2.33. The lowest BCUT2D eigenvalue weighted by atomic mass is 10.2. The third kappa shape index (κ3) is 5.39. The molecule has 0 fully saturated rings. The van der Waals surface area contributed by atoms with Crippen LogP contribution in [0.1, 0.15) is 25.8 Å². The van der Waals surface area contributed by atoms with Crippen LogP contribution in [0.15, 0.2) is 65.7 Å². The van der Waals surface area contributed by atoms with E-state index in [9.17, 15) is 13.2 Å². The van der Waals surface area contributed by atoms with Crippen LogP contribution in [0.3, 0.4) is 0 Å². The largest absolute Gasteiger partial charge is 0.492 e. The molecule has 2 aromatic carbocycles. The minimum atomic E-state index is -3.94. The fraction of sp³-hybridized carbons (Fsp3) is 0.304. The molecule has 0 amide bonds. The van der Waals surface area contributed by atoms with Crippen LogP contribution in [0, 0.1) is 0 Å². The number of fused-ring (bicyclic) bond motifs is 1. The normalized spacial score (nSPS) is 11.6. The number of sulfonamides is 1. The molecule has 1 aromatic heterocycles. The van der Waals surface area contributed by atoms with Crippen LogP contribution in [0.25, 0.3) is 10.9 Å². The highest BCUT2D eigenvalue weighted by molar-refractivity contribution is 7.89. The van der Waals surface area contributed by atoms with Crippen LogP contribution in [-0.2, 0) is 26.1 Å². The lowest BCUT2D eigenvalue weighted by molar-refractivity contribution is -0.143. The second-order valence-corrected chi connectivity index (χ2v) is 8.68. The van der Waals surface area contributed by atoms with Crippen LogP contribution in [-0.4, -0.2) is 43.4 Å². The van der Waals surface area contributed by atoms with Gasteiger partial charge < -0.3 is 9.47 Å². The van der Waals surface area contributed by atoms with Crippen molar-refractivity contribution in [2.24, 2.45) is 0 Å². The highest BCUT2D eigenvalue weighted by Crippen LogP contribution is 2.31. The van der Waals surface area contributed by atoms with Crippen LogP contribution in [0.5, 0.6) is 5.75 Å². The van der Waals surface area contributed by atoms with Gasteiger partial charge in [-0.1, -0.05) is 30.3 Å². The Labute approximate surface area is 182 Å². The quantitative estimate of drug-likeness (QED) is 0.444. The van der Waals surface area contributed by atoms with Crippen molar-refractivity contribution in [1.29, 1.82) is 0 Å². The molecule has 1 heterocycles. The zero-order chi connectivity index (χ0) is 22.3. The molecular formula is C23H26N2O5S. The fourth-order valence-corrected chi connectivity index (χ4v) is 4.89. The molecule has 8 heteroatoms. The average molecular weight is 443 g/mol. The van der Waals surface area contributed by atoms with Gasteiger partial charge in [0, 0.05) is 24.7 Å². The van der Waals surface area contributed by atoms with E-state index >= 15 is 0 Å². The Bertz CT molecular complexity index is 1130. The summed E-state index contributed by atoms with van der Waals surface area (Å²) in [5, 5.41) is 0.475. The second kappa shape index (κ2) is 10.4. The predicted molar refractivity (Wildman–Crippen MR) is 118 cm³/mol. The Kier molecular flexibility index (Phi) is 7.59. The fourth-order valence-electron chi connectivity index (χ4n) is 3.28. The van der Waals surface area contributed by atoms with Gasteiger partial charge in [-0.25, -0.2) is 8.42 Å². The minimum absolute atomic E-state index is 0.00499. The van der Waals surface area contributed by atoms with E-state index in [4.69, 9.17) is 9.47 Å². The van der Waals surface area contributed by atoms with Gasteiger partial charge in [0.05, 0.1) is 24.5 Å². The summed E-state index contributed by atoms with van der Waals surface area (Å²) in [6, 6.07) is 15.8. The number of hydrogen-bond donors (Lipinski definition) is 0. The molecule has 0 radical (unpaired) electrons. The molecule has 3 aromatic rings. The van der Waals surface area contributed by atoms with Crippen LogP contribution >= 0.6 is 0 Å². The standard InChI is InChI=1S/C23H26N2O5S/c1-3-29-20-12-13-21(19-11-8-15-24-23(19)20)31(27,28)25(16-14-22(26)30-4-2)17-18-9-6-5-7-10-18/h5-13,15H,3-4,14,16-17H2,1-2H3. The molecule has 0 aliphatic heterocycles. The summed E-state index contributed by atoms with van der Waals surface area (Å²) in [6.07, 6.45) is 1.57. The van der Waals surface area contributed by atoms with Gasteiger partial charge in [-0.2, -0.15) is 4.31 Å². The third-order valence-electron chi connectivity index (χ3n) is 4.68. The summed E-state index contributed by atoms with van der Waals surface area (Å²) in [5.41, 5.74) is 1.30. The molecule has 7 nitrogen and oxygen atoms in total. The van der Waals surface area contributed by atoms with E-state index in [-0.39, 0.29) is 31.0 Å². The van der Waals surface area contributed by atoms with Gasteiger partial charge in [-0.05, 0) is 43.7 Å². The summed E-state index contributed by atoms with van der Waals surface area (Å²) >= 11 is 0. The molecule has 0 saturated heterocycles. The van der Waals surface area contributed by atoms with E-state index in [1.165, 1.54) is 10.4 Å². The van der Waals surface area contributed by atoms with Crippen LogP contribution < -0.4 is 4.74 Å². The predicted octanol–water partition coefficient (Wildman–Crippen LogP) is 3.78. The van der Waals surface area contributed by atoms with Gasteiger partial charge in [0.15, 0.2) is 0 Å². The summed E-state index contributed by atoms with van der Waals surface area (Å²) < 4.78 is 39.3. The molecule has 0 saturated carbocycles. The smallest absolute Gasteiger partial charge is 0.307 e. The van der Waals surface area contributed by atoms with Gasteiger partial charge in [0.1, 0.15) is 11.3 Å². The minimum Gasteiger partial charge on any atom is -0.492 e. The topological polar surface area (TPSA) is 85.8 Å². The SMILES string of the molecule is CCOC(=O)CCN(Cc1ccccc1)S(=O)(=O)c1ccc(OCC)c2ncccc12. The molecule has 0 atom stereocenters. The summed E-state index contributed by atoms with van der Waals surface area (Å²) in [6.45, 7) is 4.41. The first-order valence-corrected chi connectivity index (χ1v) is 11.6. The average Bonchev–Trinajstić information content (AvgIpc) is 2.77. The van der Waals surface area contributed by atoms with Crippen molar-refractivity contribution >= 4 is 26.9 Å². The van der Waals surface area contributed by atoms with Crippen molar-refractivity contribution < 1.29 is 22.7 Å². The molecule has 0 unspecified atom stereocenters. The maximum Gasteiger partial charge on any atom is 0.307 e. The number of benzene rings is 2. The molecule has 0 bridgehead atoms. The van der Waals surface area contributed by atoms with Crippen molar-refractivity contribution in [1.82, 2.24) is 9.29 Å². The Morgan fingerprint density at radius 1 is 1.00 bits per heavy atom. The third-order valence-corrected chi connectivity index (χ3v) is 6.59. The first kappa shape index (κ1) is 22.7. The van der Waals surface area contributed by atoms with E-state index < -0.39 is 16.0 Å². The molecular weight excluding hydrogens is 416 g/mol. The van der Waals surface area contributed by atoms with Crippen molar-refractivity contribution in [3.63, 3.8) is 0 Å². The van der Waals surface area contributed by atoms with Crippen LogP contribution in [0.2, 0.25) is 0 Å². The van der Waals surface area contributed by atoms with E-state index in [0.717, 1.165) is 5.56 Å². The zero-order valence-corrected chi connectivity index (χ0v) is 18.5. The number of ether oxygens (including phenoxy) is 2. The first-order chi connectivity index (χ1) is 15.0. The van der Waals surface area contributed by atoms with Crippen molar-refractivity contribution in [2.75, 3.05) is 19.8 Å². The summed E-state index contributed by atoms with van der Waals surface area (Å²) in [4.78, 5) is 16.4. The number of hydrogen-bond acceptors (Lipinski definition) is 6. The van der Waals surface area contributed by atoms with Gasteiger partial charge in [0.25, 0.3) is 0 Å². The first-order valence-electron chi connectivity index (χ1n) is 10.2. The summed E-state index contributed by atoms with van der Waals surface area (Å²) in [5.74, 6) is 0.0900. The van der Waals surface area contributed by atoms with E-state index in [1.807, 2.05) is 37.3 Å². The van der Waals surface area contributed by atoms with Crippen LogP contribution in [0.4, 0.5) is 0 Å². The molecule has 164 valence electrons. The van der Waals surface area contributed by atoms with Crippen molar-refractivity contribution in [3.8, 4) is 5.75 Å². The number of carbonyl (C=O) groups excluding carboxylic acids is 1. The number of rotatable bonds is 10. The number of aromatic nitrogens is 1. The Hall–Kier alpha value is -2.97.